The summed E-state index contributed by atoms with van der Waals surface area (Å²) in [5, 5.41) is 0. The summed E-state index contributed by atoms with van der Waals surface area (Å²) in [6.45, 7) is 3.95. The van der Waals surface area contributed by atoms with Gasteiger partial charge in [0, 0.05) is 25.2 Å². The third-order valence-electron chi connectivity index (χ3n) is 6.74. The van der Waals surface area contributed by atoms with Crippen molar-refractivity contribution in [3.05, 3.63) is 114 Å². The number of carbonyl (C=O) groups excluding carboxylic acids is 1. The van der Waals surface area contributed by atoms with Crippen molar-refractivity contribution >= 4 is 5.91 Å². The first-order valence-corrected chi connectivity index (χ1v) is 12.3. The van der Waals surface area contributed by atoms with E-state index in [9.17, 15) is 4.79 Å². The molecular weight excluding hydrogens is 448 g/mol. The summed E-state index contributed by atoms with van der Waals surface area (Å²) in [6.07, 6.45) is 2.73. The molecule has 0 radical (unpaired) electrons. The van der Waals surface area contributed by atoms with Crippen molar-refractivity contribution in [3.63, 3.8) is 0 Å². The van der Waals surface area contributed by atoms with Crippen LogP contribution in [-0.4, -0.2) is 36.0 Å². The van der Waals surface area contributed by atoms with Gasteiger partial charge in [-0.05, 0) is 58.5 Å². The Morgan fingerprint density at radius 3 is 2.36 bits per heavy atom. The summed E-state index contributed by atoms with van der Waals surface area (Å²) >= 11 is 0. The molecule has 1 aliphatic rings. The molecule has 0 aliphatic carbocycles. The van der Waals surface area contributed by atoms with Crippen LogP contribution in [0.1, 0.15) is 40.0 Å². The van der Waals surface area contributed by atoms with Crippen LogP contribution in [0, 0.1) is 0 Å². The first-order valence-electron chi connectivity index (χ1n) is 12.3. The molecular formula is C31H30N2O3. The van der Waals surface area contributed by atoms with Gasteiger partial charge in [0.2, 0.25) is 0 Å². The maximum atomic E-state index is 13.0. The number of likely N-dealkylation sites (tertiary alicyclic amines) is 1. The minimum atomic E-state index is -0.0370. The van der Waals surface area contributed by atoms with E-state index in [-0.39, 0.29) is 11.8 Å². The lowest BCUT2D eigenvalue weighted by molar-refractivity contribution is 0.0596. The van der Waals surface area contributed by atoms with Crippen LogP contribution in [0.5, 0.6) is 11.5 Å². The molecule has 0 unspecified atom stereocenters. The normalized spacial score (nSPS) is 13.2. The zero-order valence-electron chi connectivity index (χ0n) is 20.7. The molecule has 1 amide bonds. The SMILES string of the molecule is CCc1ccc(COc2ccc(C3CN(C(=O)c4cc(-c5ccccc5)ccn4)C3)cc2OC)cc1. The highest BCUT2D eigenvalue weighted by atomic mass is 16.5. The lowest BCUT2D eigenvalue weighted by Crippen LogP contribution is -2.48. The van der Waals surface area contributed by atoms with Crippen molar-refractivity contribution in [1.82, 2.24) is 9.88 Å². The smallest absolute Gasteiger partial charge is 0.272 e. The van der Waals surface area contributed by atoms with Gasteiger partial charge in [-0.15, -0.1) is 0 Å². The molecule has 3 aromatic carbocycles. The Balaban J connectivity index is 1.21. The third-order valence-corrected chi connectivity index (χ3v) is 6.74. The highest BCUT2D eigenvalue weighted by Gasteiger charge is 2.33. The fraction of sp³-hybridized carbons (Fsp3) is 0.226. The summed E-state index contributed by atoms with van der Waals surface area (Å²) in [6, 6.07) is 28.4. The number of rotatable bonds is 8. The second kappa shape index (κ2) is 10.6. The monoisotopic (exact) mass is 478 g/mol. The molecule has 4 aromatic rings. The van der Waals surface area contributed by atoms with Gasteiger partial charge in [-0.1, -0.05) is 67.6 Å². The fourth-order valence-corrected chi connectivity index (χ4v) is 4.46. The van der Waals surface area contributed by atoms with E-state index in [1.165, 1.54) is 5.56 Å². The molecule has 5 nitrogen and oxygen atoms in total. The minimum absolute atomic E-state index is 0.0370. The van der Waals surface area contributed by atoms with Gasteiger partial charge in [-0.3, -0.25) is 9.78 Å². The van der Waals surface area contributed by atoms with Crippen LogP contribution >= 0.6 is 0 Å². The fourth-order valence-electron chi connectivity index (χ4n) is 4.46. The number of benzene rings is 3. The van der Waals surface area contributed by atoms with E-state index >= 15 is 0 Å². The molecule has 0 spiro atoms. The highest BCUT2D eigenvalue weighted by Crippen LogP contribution is 2.35. The number of carbonyl (C=O) groups is 1. The maximum absolute atomic E-state index is 13.0. The Bertz CT molecular complexity index is 1330. The number of hydrogen-bond acceptors (Lipinski definition) is 4. The Kier molecular flexibility index (Phi) is 6.99. The quantitative estimate of drug-likeness (QED) is 0.305. The molecule has 1 aliphatic heterocycles. The van der Waals surface area contributed by atoms with Crippen LogP contribution in [0.15, 0.2) is 91.1 Å². The van der Waals surface area contributed by atoms with Crippen LogP contribution in [0.2, 0.25) is 0 Å². The Morgan fingerprint density at radius 2 is 1.64 bits per heavy atom. The molecule has 182 valence electrons. The first-order chi connectivity index (χ1) is 17.6. The van der Waals surface area contributed by atoms with Crippen molar-refractivity contribution in [2.75, 3.05) is 20.2 Å². The van der Waals surface area contributed by atoms with Gasteiger partial charge in [0.15, 0.2) is 11.5 Å². The second-order valence-corrected chi connectivity index (χ2v) is 9.07. The van der Waals surface area contributed by atoms with Crippen molar-refractivity contribution in [1.29, 1.82) is 0 Å². The highest BCUT2D eigenvalue weighted by molar-refractivity contribution is 5.94. The van der Waals surface area contributed by atoms with Crippen LogP contribution in [0.25, 0.3) is 11.1 Å². The predicted molar refractivity (Wildman–Crippen MR) is 141 cm³/mol. The first kappa shape index (κ1) is 23.6. The topological polar surface area (TPSA) is 51.7 Å². The molecule has 1 aromatic heterocycles. The van der Waals surface area contributed by atoms with Crippen molar-refractivity contribution < 1.29 is 14.3 Å². The summed E-state index contributed by atoms with van der Waals surface area (Å²) < 4.78 is 11.7. The van der Waals surface area contributed by atoms with Crippen LogP contribution in [0.4, 0.5) is 0 Å². The molecule has 2 heterocycles. The second-order valence-electron chi connectivity index (χ2n) is 9.07. The molecule has 5 heteroatoms. The van der Waals surface area contributed by atoms with E-state index in [1.54, 1.807) is 13.3 Å². The number of hydrogen-bond donors (Lipinski definition) is 0. The number of ether oxygens (including phenoxy) is 2. The predicted octanol–water partition coefficient (Wildman–Crippen LogP) is 6.14. The molecule has 1 saturated heterocycles. The Morgan fingerprint density at radius 1 is 0.889 bits per heavy atom. The average molecular weight is 479 g/mol. The van der Waals surface area contributed by atoms with E-state index in [2.05, 4.69) is 42.2 Å². The molecule has 0 bridgehead atoms. The van der Waals surface area contributed by atoms with E-state index in [4.69, 9.17) is 9.47 Å². The molecule has 0 saturated carbocycles. The van der Waals surface area contributed by atoms with E-state index in [0.29, 0.717) is 31.1 Å². The summed E-state index contributed by atoms with van der Waals surface area (Å²) in [5.74, 6) is 1.65. The van der Waals surface area contributed by atoms with Gasteiger partial charge >= 0.3 is 0 Å². The largest absolute Gasteiger partial charge is 0.493 e. The number of nitrogens with zero attached hydrogens (tertiary/aromatic N) is 2. The summed E-state index contributed by atoms with van der Waals surface area (Å²) in [4.78, 5) is 19.2. The van der Waals surface area contributed by atoms with Crippen LogP contribution < -0.4 is 9.47 Å². The lowest BCUT2D eigenvalue weighted by atomic mass is 9.90. The Hall–Kier alpha value is -4.12. The van der Waals surface area contributed by atoms with Gasteiger partial charge in [0.25, 0.3) is 5.91 Å². The van der Waals surface area contributed by atoms with E-state index in [1.807, 2.05) is 59.5 Å². The molecule has 0 N–H and O–H groups in total. The number of pyridine rings is 1. The van der Waals surface area contributed by atoms with Crippen LogP contribution in [-0.2, 0) is 13.0 Å². The van der Waals surface area contributed by atoms with E-state index < -0.39 is 0 Å². The number of methoxy groups -OCH3 is 1. The Labute approximate surface area is 212 Å². The standard InChI is InChI=1S/C31H30N2O3/c1-3-22-9-11-23(12-10-22)21-36-29-14-13-25(18-30(29)35-2)27-19-33(20-27)31(34)28-17-26(15-16-32-28)24-7-5-4-6-8-24/h4-18,27H,3,19-21H2,1-2H3. The molecule has 5 rings (SSSR count). The molecule has 0 atom stereocenters. The van der Waals surface area contributed by atoms with E-state index in [0.717, 1.165) is 34.4 Å². The minimum Gasteiger partial charge on any atom is -0.493 e. The summed E-state index contributed by atoms with van der Waals surface area (Å²) in [7, 11) is 1.66. The van der Waals surface area contributed by atoms with Gasteiger partial charge < -0.3 is 14.4 Å². The van der Waals surface area contributed by atoms with Gasteiger partial charge in [-0.2, -0.15) is 0 Å². The average Bonchev–Trinajstić information content (AvgIpc) is 2.92. The lowest BCUT2D eigenvalue weighted by Gasteiger charge is -2.39. The van der Waals surface area contributed by atoms with Crippen LogP contribution in [0.3, 0.4) is 0 Å². The van der Waals surface area contributed by atoms with Crippen molar-refractivity contribution in [2.45, 2.75) is 25.9 Å². The van der Waals surface area contributed by atoms with Gasteiger partial charge in [-0.25, -0.2) is 0 Å². The van der Waals surface area contributed by atoms with Gasteiger partial charge in [0.05, 0.1) is 7.11 Å². The number of amides is 1. The van der Waals surface area contributed by atoms with Gasteiger partial charge in [0.1, 0.15) is 12.3 Å². The number of aromatic nitrogens is 1. The van der Waals surface area contributed by atoms with Crippen molar-refractivity contribution in [3.8, 4) is 22.6 Å². The van der Waals surface area contributed by atoms with Crippen molar-refractivity contribution in [2.24, 2.45) is 0 Å². The zero-order chi connectivity index (χ0) is 24.9. The molecule has 1 fully saturated rings. The molecule has 36 heavy (non-hydrogen) atoms. The summed E-state index contributed by atoms with van der Waals surface area (Å²) in [5.41, 5.74) is 6.12. The number of aryl methyl sites for hydroxylation is 1. The zero-order valence-corrected chi connectivity index (χ0v) is 20.7. The third kappa shape index (κ3) is 5.10. The maximum Gasteiger partial charge on any atom is 0.272 e.